The van der Waals surface area contributed by atoms with Gasteiger partial charge in [-0.15, -0.1) is 11.3 Å². The molecule has 2 aromatic rings. The average molecular weight is 311 g/mol. The lowest BCUT2D eigenvalue weighted by Gasteiger charge is -2.26. The molecule has 1 unspecified atom stereocenters. The lowest BCUT2D eigenvalue weighted by molar-refractivity contribution is 0.654. The van der Waals surface area contributed by atoms with Crippen LogP contribution < -0.4 is 10.2 Å². The van der Waals surface area contributed by atoms with Crippen LogP contribution >= 0.6 is 11.3 Å². The van der Waals surface area contributed by atoms with Crippen molar-refractivity contribution in [2.75, 3.05) is 24.5 Å². The molecule has 1 aromatic heterocycles. The molecule has 1 aromatic carbocycles. The Morgan fingerprint density at radius 3 is 3.09 bits per heavy atom. The third kappa shape index (κ3) is 2.57. The molecule has 22 heavy (non-hydrogen) atoms. The van der Waals surface area contributed by atoms with Gasteiger partial charge in [-0.1, -0.05) is 18.2 Å². The number of nitrogens with zero attached hydrogens (tertiary/aromatic N) is 1. The van der Waals surface area contributed by atoms with E-state index in [4.69, 9.17) is 5.41 Å². The van der Waals surface area contributed by atoms with E-state index in [0.717, 1.165) is 43.1 Å². The first-order chi connectivity index (χ1) is 10.8. The van der Waals surface area contributed by atoms with E-state index in [1.165, 1.54) is 23.2 Å². The van der Waals surface area contributed by atoms with Gasteiger partial charge in [0.05, 0.1) is 5.71 Å². The molecule has 3 heterocycles. The van der Waals surface area contributed by atoms with Crippen LogP contribution in [0, 0.1) is 5.41 Å². The second-order valence-electron chi connectivity index (χ2n) is 6.19. The number of anilines is 1. The highest BCUT2D eigenvalue weighted by Crippen LogP contribution is 2.32. The van der Waals surface area contributed by atoms with Crippen LogP contribution in [0.15, 0.2) is 35.7 Å². The molecule has 2 N–H and O–H groups in total. The Morgan fingerprint density at radius 2 is 2.32 bits per heavy atom. The van der Waals surface area contributed by atoms with E-state index >= 15 is 0 Å². The minimum atomic E-state index is 0.663. The topological polar surface area (TPSA) is 39.1 Å². The lowest BCUT2D eigenvalue weighted by Crippen LogP contribution is -2.35. The number of fused-ring (bicyclic) bond motifs is 1. The van der Waals surface area contributed by atoms with Gasteiger partial charge in [-0.3, -0.25) is 0 Å². The maximum atomic E-state index is 8.25. The predicted octanol–water partition coefficient (Wildman–Crippen LogP) is 3.08. The Labute approximate surface area is 135 Å². The molecule has 1 fully saturated rings. The van der Waals surface area contributed by atoms with E-state index in [-0.39, 0.29) is 0 Å². The zero-order chi connectivity index (χ0) is 14.9. The summed E-state index contributed by atoms with van der Waals surface area (Å²) < 4.78 is 0. The minimum Gasteiger partial charge on any atom is -0.367 e. The molecule has 3 nitrogen and oxygen atoms in total. The monoisotopic (exact) mass is 311 g/mol. The molecule has 4 heteroatoms. The number of hydrogen-bond donors (Lipinski definition) is 2. The van der Waals surface area contributed by atoms with Crippen LogP contribution in [0.2, 0.25) is 0 Å². The maximum absolute atomic E-state index is 8.25. The molecule has 0 spiro atoms. The van der Waals surface area contributed by atoms with Crippen molar-refractivity contribution < 1.29 is 0 Å². The van der Waals surface area contributed by atoms with Crippen LogP contribution in [0.1, 0.15) is 22.4 Å². The largest absolute Gasteiger partial charge is 0.367 e. The van der Waals surface area contributed by atoms with E-state index in [1.54, 1.807) is 11.3 Å². The van der Waals surface area contributed by atoms with Crippen molar-refractivity contribution in [2.45, 2.75) is 25.3 Å². The smallest absolute Gasteiger partial charge is 0.0529 e. The molecule has 2 aliphatic rings. The zero-order valence-corrected chi connectivity index (χ0v) is 13.5. The number of thiophene rings is 1. The molecule has 0 amide bonds. The first kappa shape index (κ1) is 14.0. The Morgan fingerprint density at radius 1 is 1.36 bits per heavy atom. The molecule has 2 aliphatic heterocycles. The first-order valence-electron chi connectivity index (χ1n) is 8.02. The normalized spacial score (nSPS) is 20.4. The summed E-state index contributed by atoms with van der Waals surface area (Å²) in [4.78, 5) is 3.66. The van der Waals surface area contributed by atoms with Crippen molar-refractivity contribution in [2.24, 2.45) is 0 Å². The molecule has 0 saturated carbocycles. The van der Waals surface area contributed by atoms with E-state index < -0.39 is 0 Å². The standard InChI is InChI=1S/C18H21N3S/c19-16(18-2-1-9-22-18)11-13-3-4-17-14(10-13)6-8-21(17)15-5-7-20-12-15/h1-4,9-10,15,19-20H,5-8,11-12H2. The Bertz CT molecular complexity index is 672. The van der Waals surface area contributed by atoms with Gasteiger partial charge in [0.2, 0.25) is 0 Å². The van der Waals surface area contributed by atoms with Crippen LogP contribution in [0.4, 0.5) is 5.69 Å². The van der Waals surface area contributed by atoms with Crippen LogP contribution in [-0.2, 0) is 12.8 Å². The first-order valence-corrected chi connectivity index (χ1v) is 8.90. The van der Waals surface area contributed by atoms with Crippen LogP contribution in [0.5, 0.6) is 0 Å². The minimum absolute atomic E-state index is 0.663. The third-order valence-corrected chi connectivity index (χ3v) is 5.68. The van der Waals surface area contributed by atoms with Gasteiger partial charge in [0.1, 0.15) is 0 Å². The van der Waals surface area contributed by atoms with E-state index in [9.17, 15) is 0 Å². The van der Waals surface area contributed by atoms with Crippen LogP contribution in [0.3, 0.4) is 0 Å². The highest BCUT2D eigenvalue weighted by atomic mass is 32.1. The molecule has 0 aliphatic carbocycles. The number of hydrogen-bond acceptors (Lipinski definition) is 4. The average Bonchev–Trinajstić information content (AvgIpc) is 3.27. The Hall–Kier alpha value is -1.65. The number of rotatable bonds is 4. The van der Waals surface area contributed by atoms with Gasteiger partial charge in [0.25, 0.3) is 0 Å². The summed E-state index contributed by atoms with van der Waals surface area (Å²) in [6.45, 7) is 3.41. The van der Waals surface area contributed by atoms with Crippen molar-refractivity contribution in [3.05, 3.63) is 51.7 Å². The highest BCUT2D eigenvalue weighted by molar-refractivity contribution is 7.12. The zero-order valence-electron chi connectivity index (χ0n) is 12.6. The van der Waals surface area contributed by atoms with Gasteiger partial charge < -0.3 is 15.6 Å². The summed E-state index contributed by atoms with van der Waals surface area (Å²) >= 11 is 1.65. The van der Waals surface area contributed by atoms with Gasteiger partial charge >= 0.3 is 0 Å². The molecule has 1 atom stereocenters. The lowest BCUT2D eigenvalue weighted by atomic mass is 10.0. The van der Waals surface area contributed by atoms with Crippen molar-refractivity contribution in [1.82, 2.24) is 5.32 Å². The van der Waals surface area contributed by atoms with Gasteiger partial charge in [-0.2, -0.15) is 0 Å². The summed E-state index contributed by atoms with van der Waals surface area (Å²) in [5, 5.41) is 13.8. The van der Waals surface area contributed by atoms with Gasteiger partial charge in [0, 0.05) is 36.1 Å². The maximum Gasteiger partial charge on any atom is 0.0529 e. The molecular formula is C18H21N3S. The number of benzene rings is 1. The second kappa shape index (κ2) is 5.86. The van der Waals surface area contributed by atoms with Crippen LogP contribution in [-0.4, -0.2) is 31.4 Å². The summed E-state index contributed by atoms with van der Waals surface area (Å²) in [6.07, 6.45) is 3.13. The Kier molecular flexibility index (Phi) is 3.72. The molecule has 0 radical (unpaired) electrons. The summed E-state index contributed by atoms with van der Waals surface area (Å²) in [5.41, 5.74) is 4.87. The fourth-order valence-corrected chi connectivity index (χ4v) is 4.29. The van der Waals surface area contributed by atoms with Gasteiger partial charge in [-0.25, -0.2) is 0 Å². The third-order valence-electron chi connectivity index (χ3n) is 4.75. The molecule has 1 saturated heterocycles. The van der Waals surface area contributed by atoms with Crippen molar-refractivity contribution >= 4 is 22.7 Å². The molecule has 0 bridgehead atoms. The van der Waals surface area contributed by atoms with E-state index in [1.807, 2.05) is 17.5 Å². The summed E-state index contributed by atoms with van der Waals surface area (Å²) in [6, 6.07) is 11.5. The van der Waals surface area contributed by atoms with Crippen LogP contribution in [0.25, 0.3) is 0 Å². The van der Waals surface area contributed by atoms with Crippen molar-refractivity contribution in [3.8, 4) is 0 Å². The van der Waals surface area contributed by atoms with Gasteiger partial charge in [0.15, 0.2) is 0 Å². The molecule has 114 valence electrons. The second-order valence-corrected chi connectivity index (χ2v) is 7.13. The van der Waals surface area contributed by atoms with Crippen molar-refractivity contribution in [3.63, 3.8) is 0 Å². The summed E-state index contributed by atoms with van der Waals surface area (Å²) in [7, 11) is 0. The van der Waals surface area contributed by atoms with E-state index in [2.05, 4.69) is 28.4 Å². The van der Waals surface area contributed by atoms with Gasteiger partial charge in [-0.05, 0) is 48.0 Å². The fourth-order valence-electron chi connectivity index (χ4n) is 3.62. The summed E-state index contributed by atoms with van der Waals surface area (Å²) in [5.74, 6) is 0. The van der Waals surface area contributed by atoms with Crippen molar-refractivity contribution in [1.29, 1.82) is 5.41 Å². The fraction of sp³-hybridized carbons (Fsp3) is 0.389. The Balaban J connectivity index is 1.51. The quantitative estimate of drug-likeness (QED) is 0.852. The predicted molar refractivity (Wildman–Crippen MR) is 93.6 cm³/mol. The highest BCUT2D eigenvalue weighted by Gasteiger charge is 2.28. The molecular weight excluding hydrogens is 290 g/mol. The van der Waals surface area contributed by atoms with E-state index in [0.29, 0.717) is 6.04 Å². The SMILES string of the molecule is N=C(Cc1ccc2c(c1)CCN2C1CCNC1)c1cccs1. The molecule has 4 rings (SSSR count). The number of nitrogens with one attached hydrogen (secondary N) is 2.